The normalized spacial score (nSPS) is 15.1. The van der Waals surface area contributed by atoms with E-state index in [-0.39, 0.29) is 17.7 Å². The third-order valence-electron chi connectivity index (χ3n) is 7.53. The molecule has 2 heterocycles. The van der Waals surface area contributed by atoms with Crippen LogP contribution in [0.4, 0.5) is 23.7 Å². The Hall–Kier alpha value is -4.32. The van der Waals surface area contributed by atoms with Gasteiger partial charge in [0.05, 0.1) is 5.69 Å². The van der Waals surface area contributed by atoms with Crippen molar-refractivity contribution in [1.82, 2.24) is 20.1 Å². The number of aryl methyl sites for hydroxylation is 1. The lowest BCUT2D eigenvalue weighted by atomic mass is 9.95. The van der Waals surface area contributed by atoms with Crippen molar-refractivity contribution in [2.75, 3.05) is 23.7 Å². The number of aliphatic imine (C=N–C) groups is 1. The minimum atomic E-state index is -4.75. The third kappa shape index (κ3) is 8.05. The van der Waals surface area contributed by atoms with Gasteiger partial charge in [0.25, 0.3) is 0 Å². The van der Waals surface area contributed by atoms with Gasteiger partial charge in [-0.15, -0.1) is 18.3 Å². The minimum Gasteiger partial charge on any atom is -0.406 e. The molecule has 8 nitrogen and oxygen atoms in total. The summed E-state index contributed by atoms with van der Waals surface area (Å²) in [6, 6.07) is 19.3. The number of nitrogens with zero attached hydrogens (tertiary/aromatic N) is 5. The molecular formula is C33H35F3N6O2S. The van der Waals surface area contributed by atoms with E-state index < -0.39 is 6.36 Å². The van der Waals surface area contributed by atoms with Crippen LogP contribution in [0, 0.1) is 6.92 Å². The lowest BCUT2D eigenvalue weighted by molar-refractivity contribution is -0.274. The number of carbonyl (C=O) groups is 1. The van der Waals surface area contributed by atoms with Crippen molar-refractivity contribution in [3.8, 4) is 22.8 Å². The summed E-state index contributed by atoms with van der Waals surface area (Å²) in [5.74, 6) is 1.48. The predicted molar refractivity (Wildman–Crippen MR) is 172 cm³/mol. The van der Waals surface area contributed by atoms with E-state index in [2.05, 4.69) is 75.9 Å². The van der Waals surface area contributed by atoms with Crippen molar-refractivity contribution < 1.29 is 22.7 Å². The highest BCUT2D eigenvalue weighted by Crippen LogP contribution is 2.33. The first-order valence-corrected chi connectivity index (χ1v) is 15.7. The van der Waals surface area contributed by atoms with Crippen molar-refractivity contribution in [3.63, 3.8) is 0 Å². The summed E-state index contributed by atoms with van der Waals surface area (Å²) in [6.07, 6.45) is -2.43. The van der Waals surface area contributed by atoms with Crippen molar-refractivity contribution in [2.24, 2.45) is 4.99 Å². The molecule has 1 unspecified atom stereocenters. The molecule has 0 bridgehead atoms. The summed E-state index contributed by atoms with van der Waals surface area (Å²) in [7, 11) is 0. The molecule has 1 fully saturated rings. The van der Waals surface area contributed by atoms with E-state index >= 15 is 0 Å². The highest BCUT2D eigenvalue weighted by Gasteiger charge is 2.31. The number of hydrogen-bond acceptors (Lipinski definition) is 5. The van der Waals surface area contributed by atoms with Crippen LogP contribution in [0.3, 0.4) is 0 Å². The maximum atomic E-state index is 12.9. The van der Waals surface area contributed by atoms with Crippen molar-refractivity contribution in [3.05, 3.63) is 89.7 Å². The molecule has 0 saturated carbocycles. The van der Waals surface area contributed by atoms with Gasteiger partial charge < -0.3 is 15.0 Å². The Morgan fingerprint density at radius 3 is 2.49 bits per heavy atom. The molecule has 45 heavy (non-hydrogen) atoms. The number of hydrogen-bond donors (Lipinski definition) is 1. The number of nitrogens with one attached hydrogen (secondary N) is 1. The lowest BCUT2D eigenvalue weighted by Gasteiger charge is -2.23. The quantitative estimate of drug-likeness (QED) is 0.200. The topological polar surface area (TPSA) is 84.6 Å². The van der Waals surface area contributed by atoms with Crippen LogP contribution in [0.2, 0.25) is 0 Å². The van der Waals surface area contributed by atoms with Crippen LogP contribution < -0.4 is 15.0 Å². The zero-order valence-corrected chi connectivity index (χ0v) is 26.3. The Balaban J connectivity index is 1.21. The Labute approximate surface area is 264 Å². The second kappa shape index (κ2) is 13.8. The van der Waals surface area contributed by atoms with Gasteiger partial charge in [-0.1, -0.05) is 68.9 Å². The van der Waals surface area contributed by atoms with Gasteiger partial charge in [-0.05, 0) is 66.3 Å². The molecule has 0 radical (unpaired) electrons. The highest BCUT2D eigenvalue weighted by molar-refractivity contribution is 8.14. The van der Waals surface area contributed by atoms with Gasteiger partial charge in [0.2, 0.25) is 0 Å². The third-order valence-corrected chi connectivity index (χ3v) is 8.49. The Bertz CT molecular complexity index is 1650. The zero-order chi connectivity index (χ0) is 32.1. The largest absolute Gasteiger partial charge is 0.573 e. The number of amides is 2. The summed E-state index contributed by atoms with van der Waals surface area (Å²) >= 11 is 1.59. The van der Waals surface area contributed by atoms with Crippen molar-refractivity contribution in [1.29, 1.82) is 0 Å². The van der Waals surface area contributed by atoms with Crippen molar-refractivity contribution in [2.45, 2.75) is 52.3 Å². The second-order valence-corrected chi connectivity index (χ2v) is 12.1. The Morgan fingerprint density at radius 2 is 1.82 bits per heavy atom. The number of anilines is 1. The van der Waals surface area contributed by atoms with Crippen LogP contribution in [0.1, 0.15) is 55.7 Å². The van der Waals surface area contributed by atoms with Crippen LogP contribution in [-0.4, -0.2) is 51.2 Å². The van der Waals surface area contributed by atoms with Crippen LogP contribution in [0.5, 0.6) is 5.75 Å². The van der Waals surface area contributed by atoms with Crippen LogP contribution >= 0.6 is 11.8 Å². The number of alkyl halides is 3. The average molecular weight is 637 g/mol. The van der Waals surface area contributed by atoms with Crippen molar-refractivity contribution >= 4 is 28.6 Å². The first-order chi connectivity index (χ1) is 21.5. The van der Waals surface area contributed by atoms with Gasteiger partial charge >= 0.3 is 12.4 Å². The number of aromatic nitrogens is 3. The van der Waals surface area contributed by atoms with Gasteiger partial charge in [-0.3, -0.25) is 0 Å². The Kier molecular flexibility index (Phi) is 9.81. The molecule has 3 aromatic carbocycles. The number of amidine groups is 1. The summed E-state index contributed by atoms with van der Waals surface area (Å²) in [4.78, 5) is 23.9. The van der Waals surface area contributed by atoms with Crippen LogP contribution in [0.15, 0.2) is 78.0 Å². The van der Waals surface area contributed by atoms with Gasteiger partial charge in [0, 0.05) is 36.0 Å². The number of thioether (sulfide) groups is 1. The molecule has 2 amide bonds. The standard InChI is InChI=1S/C33H35F3N6O2S/c1-5-23(19-37-31(43)39-32-41(16-17-45-32)29-18-22(4)6-15-28(29)21(2)3)24-7-9-25(10-8-24)30-38-20-42(40-30)26-11-13-27(14-12-26)44-33(34,35)36/h6-15,18,20-21,23H,5,16-17,19H2,1-4H3,(H,37,43)/b39-32-. The fraction of sp³-hybridized carbons (Fsp3) is 0.333. The zero-order valence-electron chi connectivity index (χ0n) is 25.5. The van der Waals surface area contributed by atoms with E-state index in [1.807, 2.05) is 24.3 Å². The summed E-state index contributed by atoms with van der Waals surface area (Å²) in [5.41, 5.74) is 5.91. The molecule has 1 aromatic heterocycles. The molecule has 5 rings (SSSR count). The number of ether oxygens (including phenoxy) is 1. The molecule has 0 aliphatic carbocycles. The van der Waals surface area contributed by atoms with Gasteiger partial charge in [0.1, 0.15) is 12.1 Å². The number of benzene rings is 3. The molecule has 12 heteroatoms. The molecule has 1 aliphatic rings. The monoisotopic (exact) mass is 636 g/mol. The SMILES string of the molecule is CCC(CNC(=O)/N=C1\SCCN1c1cc(C)ccc1C(C)C)c1ccc(-c2ncn(-c3ccc(OC(F)(F)F)cc3)n2)cc1. The van der Waals surface area contributed by atoms with E-state index in [1.54, 1.807) is 11.8 Å². The number of carbonyl (C=O) groups excluding carboxylic acids is 1. The first kappa shape index (κ1) is 32.1. The van der Waals surface area contributed by atoms with E-state index in [0.717, 1.165) is 40.7 Å². The number of halogens is 3. The van der Waals surface area contributed by atoms with E-state index in [9.17, 15) is 18.0 Å². The Morgan fingerprint density at radius 1 is 1.09 bits per heavy atom. The van der Waals surface area contributed by atoms with E-state index in [0.29, 0.717) is 24.0 Å². The molecule has 1 saturated heterocycles. The predicted octanol–water partition coefficient (Wildman–Crippen LogP) is 8.08. The fourth-order valence-corrected chi connectivity index (χ4v) is 6.10. The minimum absolute atomic E-state index is 0.0859. The van der Waals surface area contributed by atoms with Gasteiger partial charge in [-0.2, -0.15) is 4.99 Å². The smallest absolute Gasteiger partial charge is 0.406 e. The number of urea groups is 1. The molecule has 0 spiro atoms. The molecule has 1 N–H and O–H groups in total. The molecule has 4 aromatic rings. The number of rotatable bonds is 9. The maximum absolute atomic E-state index is 12.9. The summed E-state index contributed by atoms with van der Waals surface area (Å²) in [5, 5.41) is 8.19. The summed E-state index contributed by atoms with van der Waals surface area (Å²) in [6.45, 7) is 9.74. The van der Waals surface area contributed by atoms with Gasteiger partial charge in [-0.25, -0.2) is 14.5 Å². The maximum Gasteiger partial charge on any atom is 0.573 e. The molecule has 1 aliphatic heterocycles. The molecule has 1 atom stereocenters. The highest BCUT2D eigenvalue weighted by atomic mass is 32.2. The van der Waals surface area contributed by atoms with E-state index in [4.69, 9.17) is 0 Å². The van der Waals surface area contributed by atoms with Gasteiger partial charge in [0.15, 0.2) is 11.0 Å². The molecular weight excluding hydrogens is 601 g/mol. The molecule has 236 valence electrons. The average Bonchev–Trinajstić information content (AvgIpc) is 3.68. The lowest BCUT2D eigenvalue weighted by Crippen LogP contribution is -2.30. The second-order valence-electron chi connectivity index (χ2n) is 11.1. The van der Waals surface area contributed by atoms with Crippen LogP contribution in [0.25, 0.3) is 17.1 Å². The summed E-state index contributed by atoms with van der Waals surface area (Å²) < 4.78 is 42.7. The van der Waals surface area contributed by atoms with E-state index in [1.165, 1.54) is 46.4 Å². The van der Waals surface area contributed by atoms with Crippen LogP contribution in [-0.2, 0) is 0 Å². The fourth-order valence-electron chi connectivity index (χ4n) is 5.15. The first-order valence-electron chi connectivity index (χ1n) is 14.8.